The molecule has 1 heterocycles. The number of aromatic amines is 1. The maximum atomic E-state index is 11.0. The Morgan fingerprint density at radius 3 is 2.88 bits per heavy atom. The number of hydrogen-bond acceptors (Lipinski definition) is 2. The lowest BCUT2D eigenvalue weighted by molar-refractivity contribution is 0.0996. The Bertz CT molecular complexity index is 412. The predicted octanol–water partition coefficient (Wildman–Crippen LogP) is 2.22. The molecule has 0 atom stereocenters. The molecule has 4 heteroatoms. The zero-order valence-electron chi connectivity index (χ0n) is 10.3. The van der Waals surface area contributed by atoms with Gasteiger partial charge in [-0.1, -0.05) is 38.5 Å². The SMILES string of the molecule is CCCCCCCC#Cc1[nH]cnc1C(N)=O. The highest BCUT2D eigenvalue weighted by Crippen LogP contribution is 2.04. The average molecular weight is 233 g/mol. The summed E-state index contributed by atoms with van der Waals surface area (Å²) in [6.07, 6.45) is 8.42. The number of H-pyrrole nitrogens is 1. The maximum Gasteiger partial charge on any atom is 0.270 e. The van der Waals surface area contributed by atoms with E-state index in [0.717, 1.165) is 12.8 Å². The number of carbonyl (C=O) groups is 1. The molecule has 0 aliphatic rings. The molecule has 0 saturated heterocycles. The topological polar surface area (TPSA) is 71.8 Å². The molecule has 0 bridgehead atoms. The molecule has 3 N–H and O–H groups in total. The third-order valence-corrected chi connectivity index (χ3v) is 2.49. The van der Waals surface area contributed by atoms with Crippen LogP contribution < -0.4 is 5.73 Å². The number of nitrogens with two attached hydrogens (primary N) is 1. The van der Waals surface area contributed by atoms with E-state index in [1.807, 2.05) is 0 Å². The monoisotopic (exact) mass is 233 g/mol. The van der Waals surface area contributed by atoms with Crippen molar-refractivity contribution in [3.8, 4) is 11.8 Å². The molecule has 0 saturated carbocycles. The second-order valence-electron chi connectivity index (χ2n) is 3.96. The van der Waals surface area contributed by atoms with Crippen LogP contribution in [0, 0.1) is 11.8 Å². The standard InChI is InChI=1S/C13H19N3O/c1-2-3-4-5-6-7-8-9-11-12(13(14)17)16-10-15-11/h10H,2-7H2,1H3,(H2,14,17)(H,15,16). The Hall–Kier alpha value is -1.76. The number of nitrogens with one attached hydrogen (secondary N) is 1. The number of amides is 1. The quantitative estimate of drug-likeness (QED) is 0.584. The highest BCUT2D eigenvalue weighted by Gasteiger charge is 2.07. The van der Waals surface area contributed by atoms with Crippen molar-refractivity contribution in [2.75, 3.05) is 0 Å². The van der Waals surface area contributed by atoms with Gasteiger partial charge in [0.15, 0.2) is 5.69 Å². The van der Waals surface area contributed by atoms with E-state index in [1.54, 1.807) is 0 Å². The van der Waals surface area contributed by atoms with Crippen LogP contribution in [-0.2, 0) is 0 Å². The molecule has 1 aromatic heterocycles. The van der Waals surface area contributed by atoms with Crippen LogP contribution in [0.5, 0.6) is 0 Å². The van der Waals surface area contributed by atoms with Crippen LogP contribution in [-0.4, -0.2) is 15.9 Å². The number of carbonyl (C=O) groups excluding carboxylic acids is 1. The zero-order valence-corrected chi connectivity index (χ0v) is 10.3. The highest BCUT2D eigenvalue weighted by atomic mass is 16.1. The first kappa shape index (κ1) is 13.3. The van der Waals surface area contributed by atoms with Gasteiger partial charge in [0.05, 0.1) is 6.33 Å². The van der Waals surface area contributed by atoms with Crippen molar-refractivity contribution in [1.29, 1.82) is 0 Å². The normalized spacial score (nSPS) is 9.71. The lowest BCUT2D eigenvalue weighted by atomic mass is 10.1. The van der Waals surface area contributed by atoms with Crippen LogP contribution >= 0.6 is 0 Å². The first-order valence-electron chi connectivity index (χ1n) is 6.07. The summed E-state index contributed by atoms with van der Waals surface area (Å²) in [7, 11) is 0. The van der Waals surface area contributed by atoms with E-state index in [9.17, 15) is 4.79 Å². The summed E-state index contributed by atoms with van der Waals surface area (Å²) in [5.41, 5.74) is 5.90. The second kappa shape index (κ2) is 7.50. The minimum absolute atomic E-state index is 0.225. The molecule has 0 spiro atoms. The number of nitrogens with zero attached hydrogens (tertiary/aromatic N) is 1. The highest BCUT2D eigenvalue weighted by molar-refractivity contribution is 5.92. The van der Waals surface area contributed by atoms with Crippen LogP contribution in [0.3, 0.4) is 0 Å². The Morgan fingerprint density at radius 1 is 1.41 bits per heavy atom. The smallest absolute Gasteiger partial charge is 0.270 e. The van der Waals surface area contributed by atoms with E-state index in [-0.39, 0.29) is 5.69 Å². The van der Waals surface area contributed by atoms with Gasteiger partial charge < -0.3 is 10.7 Å². The average Bonchev–Trinajstić information content (AvgIpc) is 2.76. The summed E-state index contributed by atoms with van der Waals surface area (Å²) in [5.74, 6) is 5.38. The van der Waals surface area contributed by atoms with Crippen LogP contribution in [0.4, 0.5) is 0 Å². The Labute approximate surface area is 102 Å². The van der Waals surface area contributed by atoms with Crippen molar-refractivity contribution < 1.29 is 4.79 Å². The van der Waals surface area contributed by atoms with Gasteiger partial charge >= 0.3 is 0 Å². The van der Waals surface area contributed by atoms with E-state index in [4.69, 9.17) is 5.73 Å². The lowest BCUT2D eigenvalue weighted by Gasteiger charge is -1.94. The largest absolute Gasteiger partial charge is 0.364 e. The number of aromatic nitrogens is 2. The number of primary amides is 1. The lowest BCUT2D eigenvalue weighted by Crippen LogP contribution is -2.12. The van der Waals surface area contributed by atoms with Gasteiger partial charge in [0.2, 0.25) is 0 Å². The van der Waals surface area contributed by atoms with Gasteiger partial charge in [-0.3, -0.25) is 4.79 Å². The van der Waals surface area contributed by atoms with Gasteiger partial charge in [-0.05, 0) is 12.3 Å². The van der Waals surface area contributed by atoms with Crippen molar-refractivity contribution in [3.05, 3.63) is 17.7 Å². The van der Waals surface area contributed by atoms with Crippen LogP contribution in [0.15, 0.2) is 6.33 Å². The van der Waals surface area contributed by atoms with Crippen molar-refractivity contribution in [2.45, 2.75) is 45.4 Å². The molecule has 0 radical (unpaired) electrons. The molecule has 17 heavy (non-hydrogen) atoms. The minimum Gasteiger partial charge on any atom is -0.364 e. The summed E-state index contributed by atoms with van der Waals surface area (Å²) in [6.45, 7) is 2.20. The minimum atomic E-state index is -0.543. The van der Waals surface area contributed by atoms with E-state index in [0.29, 0.717) is 5.69 Å². The maximum absolute atomic E-state index is 11.0. The molecule has 1 amide bonds. The molecule has 0 fully saturated rings. The van der Waals surface area contributed by atoms with Crippen molar-refractivity contribution >= 4 is 5.91 Å². The third kappa shape index (κ3) is 4.73. The van der Waals surface area contributed by atoms with Gasteiger partial charge in [-0.15, -0.1) is 0 Å². The Kier molecular flexibility index (Phi) is 5.87. The summed E-state index contributed by atoms with van der Waals surface area (Å²) >= 11 is 0. The zero-order chi connectivity index (χ0) is 12.5. The Morgan fingerprint density at radius 2 is 2.18 bits per heavy atom. The molecule has 0 aliphatic heterocycles. The predicted molar refractivity (Wildman–Crippen MR) is 67.4 cm³/mol. The summed E-state index contributed by atoms with van der Waals surface area (Å²) < 4.78 is 0. The van der Waals surface area contributed by atoms with Gasteiger partial charge in [-0.25, -0.2) is 4.98 Å². The molecule has 92 valence electrons. The fourth-order valence-electron chi connectivity index (χ4n) is 1.54. The van der Waals surface area contributed by atoms with Crippen LogP contribution in [0.2, 0.25) is 0 Å². The summed E-state index contributed by atoms with van der Waals surface area (Å²) in [6, 6.07) is 0. The van der Waals surface area contributed by atoms with Crippen LogP contribution in [0.1, 0.15) is 61.6 Å². The molecule has 0 unspecified atom stereocenters. The molecule has 4 nitrogen and oxygen atoms in total. The summed E-state index contributed by atoms with van der Waals surface area (Å²) in [4.78, 5) is 17.6. The van der Waals surface area contributed by atoms with E-state index < -0.39 is 5.91 Å². The van der Waals surface area contributed by atoms with Crippen molar-refractivity contribution in [2.24, 2.45) is 5.73 Å². The first-order chi connectivity index (χ1) is 8.25. The van der Waals surface area contributed by atoms with E-state index >= 15 is 0 Å². The molecule has 0 aromatic carbocycles. The van der Waals surface area contributed by atoms with Gasteiger partial charge in [0.1, 0.15) is 5.69 Å². The number of imidazole rings is 1. The third-order valence-electron chi connectivity index (χ3n) is 2.49. The molecule has 1 aromatic rings. The number of hydrogen-bond donors (Lipinski definition) is 2. The van der Waals surface area contributed by atoms with Crippen molar-refractivity contribution in [3.63, 3.8) is 0 Å². The van der Waals surface area contributed by atoms with E-state index in [1.165, 1.54) is 32.0 Å². The Balaban J connectivity index is 2.34. The fraction of sp³-hybridized carbons (Fsp3) is 0.538. The van der Waals surface area contributed by atoms with Gasteiger partial charge in [-0.2, -0.15) is 0 Å². The van der Waals surface area contributed by atoms with Crippen molar-refractivity contribution in [1.82, 2.24) is 9.97 Å². The molecule has 1 rings (SSSR count). The summed E-state index contributed by atoms with van der Waals surface area (Å²) in [5, 5.41) is 0. The van der Waals surface area contributed by atoms with Gasteiger partial charge in [0.25, 0.3) is 5.91 Å². The fourth-order valence-corrected chi connectivity index (χ4v) is 1.54. The number of rotatable bonds is 6. The molecular weight excluding hydrogens is 214 g/mol. The number of unbranched alkanes of at least 4 members (excludes halogenated alkanes) is 5. The van der Waals surface area contributed by atoms with Gasteiger partial charge in [0, 0.05) is 6.42 Å². The van der Waals surface area contributed by atoms with Crippen LogP contribution in [0.25, 0.3) is 0 Å². The second-order valence-corrected chi connectivity index (χ2v) is 3.96. The first-order valence-corrected chi connectivity index (χ1v) is 6.07. The molecular formula is C13H19N3O. The van der Waals surface area contributed by atoms with E-state index in [2.05, 4.69) is 28.7 Å². The molecule has 0 aliphatic carbocycles.